The van der Waals surface area contributed by atoms with Gasteiger partial charge in [0.05, 0.1) is 18.4 Å². The second kappa shape index (κ2) is 7.45. The van der Waals surface area contributed by atoms with E-state index in [4.69, 9.17) is 26.2 Å². The van der Waals surface area contributed by atoms with Gasteiger partial charge in [-0.25, -0.2) is 5.01 Å². The van der Waals surface area contributed by atoms with Crippen LogP contribution in [0.1, 0.15) is 42.3 Å². The second-order valence-electron chi connectivity index (χ2n) is 7.16. The Morgan fingerprint density at radius 1 is 1.03 bits per heavy atom. The Labute approximate surface area is 175 Å². The standard InChI is InChI=1S/C24H21ClN2O2/c1-2-28-19-13-9-17(10-14-19)24-27-22(20-5-3-4-6-23(20)29-24)15-21(26-27)16-7-11-18(25)12-8-16/h3-14,22,24H,2,15H2,1H3/t22-,24-/m0/s1. The molecule has 0 bridgehead atoms. The lowest BCUT2D eigenvalue weighted by Gasteiger charge is -2.38. The van der Waals surface area contributed by atoms with Gasteiger partial charge in [0.25, 0.3) is 0 Å². The number of benzene rings is 3. The van der Waals surface area contributed by atoms with Crippen molar-refractivity contribution >= 4 is 17.3 Å². The molecule has 2 atom stereocenters. The molecule has 0 radical (unpaired) electrons. The lowest BCUT2D eigenvalue weighted by molar-refractivity contribution is -0.0190. The Morgan fingerprint density at radius 2 is 1.79 bits per heavy atom. The summed E-state index contributed by atoms with van der Waals surface area (Å²) in [7, 11) is 0. The van der Waals surface area contributed by atoms with E-state index in [1.54, 1.807) is 0 Å². The second-order valence-corrected chi connectivity index (χ2v) is 7.60. The van der Waals surface area contributed by atoms with Gasteiger partial charge in [-0.2, -0.15) is 5.10 Å². The molecule has 0 saturated carbocycles. The first-order valence-electron chi connectivity index (χ1n) is 9.83. The van der Waals surface area contributed by atoms with Gasteiger partial charge in [0.2, 0.25) is 6.23 Å². The fraction of sp³-hybridized carbons (Fsp3) is 0.208. The Morgan fingerprint density at radius 3 is 2.55 bits per heavy atom. The van der Waals surface area contributed by atoms with Gasteiger partial charge in [-0.3, -0.25) is 0 Å². The third kappa shape index (κ3) is 3.34. The van der Waals surface area contributed by atoms with Crippen molar-refractivity contribution in [2.45, 2.75) is 25.6 Å². The number of hydrazone groups is 1. The molecular weight excluding hydrogens is 384 g/mol. The van der Waals surface area contributed by atoms with Gasteiger partial charge in [-0.05, 0) is 55.0 Å². The summed E-state index contributed by atoms with van der Waals surface area (Å²) in [6, 6.07) is 24.3. The zero-order valence-corrected chi connectivity index (χ0v) is 16.8. The smallest absolute Gasteiger partial charge is 0.213 e. The number of fused-ring (bicyclic) bond motifs is 3. The highest BCUT2D eigenvalue weighted by molar-refractivity contribution is 6.30. The Balaban J connectivity index is 1.53. The Hall–Kier alpha value is -2.98. The van der Waals surface area contributed by atoms with Crippen LogP contribution in [-0.4, -0.2) is 17.3 Å². The van der Waals surface area contributed by atoms with E-state index in [0.717, 1.165) is 39.8 Å². The zero-order chi connectivity index (χ0) is 19.8. The molecule has 0 unspecified atom stereocenters. The van der Waals surface area contributed by atoms with Crippen LogP contribution in [-0.2, 0) is 0 Å². The van der Waals surface area contributed by atoms with E-state index in [-0.39, 0.29) is 12.3 Å². The van der Waals surface area contributed by atoms with Gasteiger partial charge < -0.3 is 9.47 Å². The summed E-state index contributed by atoms with van der Waals surface area (Å²) >= 11 is 6.07. The van der Waals surface area contributed by atoms with Crippen molar-refractivity contribution in [3.63, 3.8) is 0 Å². The minimum absolute atomic E-state index is 0.141. The summed E-state index contributed by atoms with van der Waals surface area (Å²) in [5, 5.41) is 7.79. The minimum atomic E-state index is -0.282. The van der Waals surface area contributed by atoms with Crippen molar-refractivity contribution < 1.29 is 9.47 Å². The molecule has 0 saturated heterocycles. The molecule has 0 aliphatic carbocycles. The van der Waals surface area contributed by atoms with Crippen LogP contribution in [0.15, 0.2) is 77.9 Å². The molecule has 2 heterocycles. The van der Waals surface area contributed by atoms with Crippen LogP contribution in [0.2, 0.25) is 5.02 Å². The summed E-state index contributed by atoms with van der Waals surface area (Å²) in [4.78, 5) is 0. The van der Waals surface area contributed by atoms with Gasteiger partial charge in [-0.1, -0.05) is 41.9 Å². The van der Waals surface area contributed by atoms with Gasteiger partial charge in [0, 0.05) is 22.6 Å². The molecule has 29 heavy (non-hydrogen) atoms. The molecule has 146 valence electrons. The third-order valence-electron chi connectivity index (χ3n) is 5.35. The van der Waals surface area contributed by atoms with Crippen LogP contribution >= 0.6 is 11.6 Å². The van der Waals surface area contributed by atoms with E-state index in [9.17, 15) is 0 Å². The van der Waals surface area contributed by atoms with Crippen molar-refractivity contribution in [2.75, 3.05) is 6.61 Å². The number of hydrogen-bond acceptors (Lipinski definition) is 4. The topological polar surface area (TPSA) is 34.1 Å². The number of ether oxygens (including phenoxy) is 2. The molecule has 3 aromatic rings. The van der Waals surface area contributed by atoms with Gasteiger partial charge in [0.1, 0.15) is 11.5 Å². The molecule has 3 aromatic carbocycles. The summed E-state index contributed by atoms with van der Waals surface area (Å²) in [5.41, 5.74) is 4.35. The number of para-hydroxylation sites is 1. The predicted octanol–water partition coefficient (Wildman–Crippen LogP) is 5.98. The predicted molar refractivity (Wildman–Crippen MR) is 115 cm³/mol. The average molecular weight is 405 g/mol. The molecule has 0 N–H and O–H groups in total. The molecule has 0 aromatic heterocycles. The third-order valence-corrected chi connectivity index (χ3v) is 5.60. The molecule has 0 amide bonds. The molecule has 2 aliphatic rings. The van der Waals surface area contributed by atoms with Crippen molar-refractivity contribution in [3.05, 3.63) is 94.5 Å². The lowest BCUT2D eigenvalue weighted by Crippen LogP contribution is -2.33. The fourth-order valence-electron chi connectivity index (χ4n) is 3.97. The number of hydrogen-bond donors (Lipinski definition) is 0. The summed E-state index contributed by atoms with van der Waals surface area (Å²) in [6.07, 6.45) is 0.547. The van der Waals surface area contributed by atoms with Crippen molar-refractivity contribution in [1.29, 1.82) is 0 Å². The molecule has 0 spiro atoms. The SMILES string of the molecule is CCOc1ccc([C@@H]2Oc3ccccc3[C@@H]3CC(c4ccc(Cl)cc4)=NN32)cc1. The van der Waals surface area contributed by atoms with E-state index < -0.39 is 0 Å². The van der Waals surface area contributed by atoms with E-state index in [1.807, 2.05) is 55.5 Å². The number of halogens is 1. The monoisotopic (exact) mass is 404 g/mol. The van der Waals surface area contributed by atoms with Crippen LogP contribution in [0.25, 0.3) is 0 Å². The van der Waals surface area contributed by atoms with Crippen LogP contribution in [0.3, 0.4) is 0 Å². The first-order valence-corrected chi connectivity index (χ1v) is 10.2. The highest BCUT2D eigenvalue weighted by Gasteiger charge is 2.40. The van der Waals surface area contributed by atoms with E-state index >= 15 is 0 Å². The molecule has 4 nitrogen and oxygen atoms in total. The molecule has 5 heteroatoms. The van der Waals surface area contributed by atoms with Crippen molar-refractivity contribution in [1.82, 2.24) is 5.01 Å². The quantitative estimate of drug-likeness (QED) is 0.536. The van der Waals surface area contributed by atoms with Crippen LogP contribution in [0.5, 0.6) is 11.5 Å². The Bertz CT molecular complexity index is 1050. The first-order chi connectivity index (χ1) is 14.2. The average Bonchev–Trinajstić information content (AvgIpc) is 3.20. The minimum Gasteiger partial charge on any atom is -0.494 e. The maximum Gasteiger partial charge on any atom is 0.213 e. The number of nitrogens with zero attached hydrogens (tertiary/aromatic N) is 2. The van der Waals surface area contributed by atoms with E-state index in [2.05, 4.69) is 29.3 Å². The first kappa shape index (κ1) is 18.1. The van der Waals surface area contributed by atoms with Crippen LogP contribution in [0, 0.1) is 0 Å². The zero-order valence-electron chi connectivity index (χ0n) is 16.1. The van der Waals surface area contributed by atoms with Crippen LogP contribution < -0.4 is 9.47 Å². The Kier molecular flexibility index (Phi) is 4.64. The van der Waals surface area contributed by atoms with Crippen molar-refractivity contribution in [2.24, 2.45) is 5.10 Å². The summed E-state index contributed by atoms with van der Waals surface area (Å²) < 4.78 is 12.0. The maximum absolute atomic E-state index is 6.39. The normalized spacial score (nSPS) is 19.8. The highest BCUT2D eigenvalue weighted by Crippen LogP contribution is 2.47. The largest absolute Gasteiger partial charge is 0.494 e. The summed E-state index contributed by atoms with van der Waals surface area (Å²) in [6.45, 7) is 2.63. The van der Waals surface area contributed by atoms with Gasteiger partial charge in [0.15, 0.2) is 0 Å². The number of rotatable bonds is 4. The molecule has 5 rings (SSSR count). The van der Waals surface area contributed by atoms with Crippen LogP contribution in [0.4, 0.5) is 0 Å². The van der Waals surface area contributed by atoms with E-state index in [0.29, 0.717) is 6.61 Å². The maximum atomic E-state index is 6.39. The summed E-state index contributed by atoms with van der Waals surface area (Å²) in [5.74, 6) is 1.77. The van der Waals surface area contributed by atoms with E-state index in [1.165, 1.54) is 5.56 Å². The lowest BCUT2D eigenvalue weighted by atomic mass is 9.96. The molecular formula is C24H21ClN2O2. The fourth-order valence-corrected chi connectivity index (χ4v) is 4.09. The molecule has 0 fully saturated rings. The molecule has 2 aliphatic heterocycles. The van der Waals surface area contributed by atoms with Gasteiger partial charge in [-0.15, -0.1) is 0 Å². The highest BCUT2D eigenvalue weighted by atomic mass is 35.5. The van der Waals surface area contributed by atoms with Gasteiger partial charge >= 0.3 is 0 Å². The van der Waals surface area contributed by atoms with Crippen molar-refractivity contribution in [3.8, 4) is 11.5 Å².